The molecule has 148 valence electrons. The zero-order chi connectivity index (χ0) is 19.1. The average Bonchev–Trinajstić information content (AvgIpc) is 2.66. The molecule has 0 unspecified atom stereocenters. The number of nitrogens with one attached hydrogen (secondary N) is 1. The Hall–Kier alpha value is -2.07. The number of rotatable bonds is 6. The average molecular weight is 393 g/mol. The van der Waals surface area contributed by atoms with Crippen LogP contribution in [0.15, 0.2) is 29.8 Å². The minimum atomic E-state index is -0.141. The van der Waals surface area contributed by atoms with Crippen LogP contribution < -0.4 is 11.2 Å². The summed E-state index contributed by atoms with van der Waals surface area (Å²) in [5.74, 6) is 6.74. The van der Waals surface area contributed by atoms with Gasteiger partial charge in [-0.05, 0) is 49.9 Å². The van der Waals surface area contributed by atoms with Gasteiger partial charge in [0, 0.05) is 18.7 Å². The summed E-state index contributed by atoms with van der Waals surface area (Å²) >= 11 is 0. The molecule has 0 aliphatic carbocycles. The summed E-state index contributed by atoms with van der Waals surface area (Å²) in [6.07, 6.45) is 2.26. The summed E-state index contributed by atoms with van der Waals surface area (Å²) in [6.45, 7) is 5.54. The second kappa shape index (κ2) is 10.9. The Kier molecular flexibility index (Phi) is 9.30. The molecule has 1 fully saturated rings. The minimum absolute atomic E-state index is 0. The molecule has 6 nitrogen and oxygen atoms in total. The van der Waals surface area contributed by atoms with Gasteiger partial charge in [-0.15, -0.1) is 12.4 Å². The van der Waals surface area contributed by atoms with Gasteiger partial charge in [-0.1, -0.05) is 26.0 Å². The van der Waals surface area contributed by atoms with Crippen LogP contribution in [0.3, 0.4) is 0 Å². The molecule has 2 rings (SSSR count). The van der Waals surface area contributed by atoms with E-state index in [0.29, 0.717) is 43.2 Å². The van der Waals surface area contributed by atoms with E-state index >= 15 is 0 Å². The van der Waals surface area contributed by atoms with Crippen LogP contribution in [0.2, 0.25) is 0 Å². The Bertz CT molecular complexity index is 702. The van der Waals surface area contributed by atoms with E-state index in [1.54, 1.807) is 12.1 Å². The van der Waals surface area contributed by atoms with Crippen molar-refractivity contribution in [2.75, 3.05) is 20.1 Å². The summed E-state index contributed by atoms with van der Waals surface area (Å²) in [7, 11) is 1.84. The molecule has 27 heavy (non-hydrogen) atoms. The first-order valence-corrected chi connectivity index (χ1v) is 9.05. The highest BCUT2D eigenvalue weighted by atomic mass is 35.5. The number of hydrogen-bond acceptors (Lipinski definition) is 5. The van der Waals surface area contributed by atoms with Gasteiger partial charge < -0.3 is 15.1 Å². The van der Waals surface area contributed by atoms with Gasteiger partial charge in [0.25, 0.3) is 0 Å². The normalized spacial score (nSPS) is 15.0. The number of halogens is 1. The molecule has 0 saturated carbocycles. The Morgan fingerprint density at radius 3 is 2.56 bits per heavy atom. The molecule has 1 aliphatic rings. The van der Waals surface area contributed by atoms with Crippen LogP contribution in [0.1, 0.15) is 44.2 Å². The van der Waals surface area contributed by atoms with Crippen molar-refractivity contribution in [3.63, 3.8) is 0 Å². The number of amides is 1. The highest BCUT2D eigenvalue weighted by Gasteiger charge is 2.27. The van der Waals surface area contributed by atoms with Gasteiger partial charge in [0.15, 0.2) is 5.76 Å². The molecule has 1 aliphatic heterocycles. The number of hydrogen-bond donors (Lipinski definition) is 2. The number of likely N-dealkylation sites (N-methyl/N-ethyl adjacent to an activating group) is 1. The molecular weight excluding hydrogens is 364 g/mol. The highest BCUT2D eigenvalue weighted by Crippen LogP contribution is 2.27. The topological polar surface area (TPSA) is 91.4 Å². The molecule has 3 N–H and O–H groups in total. The third-order valence-electron chi connectivity index (χ3n) is 4.73. The van der Waals surface area contributed by atoms with Crippen LogP contribution in [-0.2, 0) is 9.63 Å². The fourth-order valence-electron chi connectivity index (χ4n) is 3.34. The van der Waals surface area contributed by atoms with Crippen LogP contribution in [0.4, 0.5) is 0 Å². The lowest BCUT2D eigenvalue weighted by Gasteiger charge is -2.32. The maximum Gasteiger partial charge on any atom is 0.239 e. The van der Waals surface area contributed by atoms with Crippen molar-refractivity contribution in [3.8, 4) is 6.07 Å². The molecule has 1 heterocycles. The molecule has 0 spiro atoms. The van der Waals surface area contributed by atoms with E-state index in [2.05, 4.69) is 25.2 Å². The highest BCUT2D eigenvalue weighted by molar-refractivity contribution is 5.85. The van der Waals surface area contributed by atoms with E-state index in [-0.39, 0.29) is 24.4 Å². The lowest BCUT2D eigenvalue weighted by atomic mass is 9.96. The number of likely N-dealkylation sites (tertiary alicyclic amines) is 1. The van der Waals surface area contributed by atoms with Gasteiger partial charge in [-0.2, -0.15) is 11.2 Å². The minimum Gasteiger partial charge on any atom is -0.411 e. The molecule has 1 saturated heterocycles. The van der Waals surface area contributed by atoms with E-state index in [9.17, 15) is 4.79 Å². The van der Waals surface area contributed by atoms with Gasteiger partial charge in [-0.25, -0.2) is 0 Å². The van der Waals surface area contributed by atoms with Crippen LogP contribution in [0.25, 0.3) is 5.76 Å². The van der Waals surface area contributed by atoms with Gasteiger partial charge >= 0.3 is 0 Å². The molecule has 0 aromatic heterocycles. The van der Waals surface area contributed by atoms with Crippen molar-refractivity contribution in [2.24, 2.45) is 11.8 Å². The zero-order valence-corrected chi connectivity index (χ0v) is 17.0. The number of carbonyl (C=O) groups excluding carboxylic acids is 1. The molecule has 1 amide bonds. The molecular formula is C20H29ClN4O2. The lowest BCUT2D eigenvalue weighted by Crippen LogP contribution is -2.48. The quantitative estimate of drug-likeness (QED) is 0.573. The van der Waals surface area contributed by atoms with Crippen molar-refractivity contribution in [1.29, 1.82) is 5.26 Å². The number of piperidine rings is 1. The Morgan fingerprint density at radius 2 is 2.04 bits per heavy atom. The molecule has 1 atom stereocenters. The Balaban J connectivity index is 0.00000364. The third-order valence-corrected chi connectivity index (χ3v) is 4.73. The van der Waals surface area contributed by atoms with Crippen molar-refractivity contribution >= 4 is 24.1 Å². The predicted molar refractivity (Wildman–Crippen MR) is 109 cm³/mol. The summed E-state index contributed by atoms with van der Waals surface area (Å²) in [6, 6.07) is 9.20. The second-order valence-corrected chi connectivity index (χ2v) is 7.04. The van der Waals surface area contributed by atoms with Gasteiger partial charge in [0.1, 0.15) is 0 Å². The zero-order valence-electron chi connectivity index (χ0n) is 16.2. The van der Waals surface area contributed by atoms with E-state index in [4.69, 9.17) is 16.0 Å². The van der Waals surface area contributed by atoms with Crippen LogP contribution in [-0.4, -0.2) is 37.0 Å². The first kappa shape index (κ1) is 23.0. The van der Waals surface area contributed by atoms with Crippen molar-refractivity contribution in [2.45, 2.75) is 39.2 Å². The summed E-state index contributed by atoms with van der Waals surface area (Å²) < 4.78 is 0. The summed E-state index contributed by atoms with van der Waals surface area (Å²) in [5.41, 5.74) is 2.45. The van der Waals surface area contributed by atoms with Crippen molar-refractivity contribution in [1.82, 2.24) is 10.2 Å². The largest absolute Gasteiger partial charge is 0.411 e. The molecule has 1 aromatic carbocycles. The maximum absolute atomic E-state index is 12.7. The standard InChI is InChI=1S/C20H28N4O2.ClH/c1-14(2)11-18(23-3)20(25)24-9-7-16(8-10-24)19(26-22)17-6-4-5-15(12-17)13-21;/h4-6,12,14,18,23H,7-11,22H2,1-3H3;1H/t18-;/m0./s1. The van der Waals surface area contributed by atoms with Crippen LogP contribution >= 0.6 is 12.4 Å². The van der Waals surface area contributed by atoms with Crippen LogP contribution in [0, 0.1) is 17.2 Å². The monoisotopic (exact) mass is 392 g/mol. The maximum atomic E-state index is 12.7. The van der Waals surface area contributed by atoms with Gasteiger partial charge in [-0.3, -0.25) is 4.79 Å². The SMILES string of the molecule is CN[C@@H](CC(C)C)C(=O)N1CCC(=C(ON)c2cccc(C#N)c2)CC1.Cl. The first-order chi connectivity index (χ1) is 12.5. The third kappa shape index (κ3) is 5.96. The van der Waals surface area contributed by atoms with Gasteiger partial charge in [0.05, 0.1) is 17.7 Å². The second-order valence-electron chi connectivity index (χ2n) is 7.04. The van der Waals surface area contributed by atoms with E-state index in [0.717, 1.165) is 17.6 Å². The van der Waals surface area contributed by atoms with Crippen molar-refractivity contribution < 1.29 is 9.63 Å². The molecule has 7 heteroatoms. The van der Waals surface area contributed by atoms with E-state index in [1.807, 2.05) is 24.1 Å². The predicted octanol–water partition coefficient (Wildman–Crippen LogP) is 2.84. The summed E-state index contributed by atoms with van der Waals surface area (Å²) in [4.78, 5) is 19.8. The van der Waals surface area contributed by atoms with Crippen molar-refractivity contribution in [3.05, 3.63) is 41.0 Å². The number of nitriles is 1. The lowest BCUT2D eigenvalue weighted by molar-refractivity contribution is -0.134. The fraction of sp³-hybridized carbons (Fsp3) is 0.500. The van der Waals surface area contributed by atoms with Gasteiger partial charge in [0.2, 0.25) is 5.91 Å². The fourth-order valence-corrected chi connectivity index (χ4v) is 3.34. The molecule has 1 aromatic rings. The number of nitrogens with zero attached hydrogens (tertiary/aromatic N) is 2. The van der Waals surface area contributed by atoms with Crippen LogP contribution in [0.5, 0.6) is 0 Å². The Morgan fingerprint density at radius 1 is 1.37 bits per heavy atom. The first-order valence-electron chi connectivity index (χ1n) is 9.05. The number of benzene rings is 1. The summed E-state index contributed by atoms with van der Waals surface area (Å²) in [5, 5.41) is 12.2. The molecule has 0 bridgehead atoms. The smallest absolute Gasteiger partial charge is 0.239 e. The molecule has 0 radical (unpaired) electrons. The van der Waals surface area contributed by atoms with E-state index in [1.165, 1.54) is 0 Å². The Labute approximate surface area is 167 Å². The number of nitrogens with two attached hydrogens (primary N) is 1. The number of carbonyl (C=O) groups is 1. The van der Waals surface area contributed by atoms with E-state index < -0.39 is 0 Å².